The lowest BCUT2D eigenvalue weighted by Gasteiger charge is -2.19. The Morgan fingerprint density at radius 2 is 1.68 bits per heavy atom. The molecule has 0 saturated carbocycles. The molecule has 1 atom stereocenters. The molecule has 1 saturated heterocycles. The van der Waals surface area contributed by atoms with Crippen molar-refractivity contribution in [3.05, 3.63) is 82.9 Å². The second-order valence-electron chi connectivity index (χ2n) is 8.82. The number of benzene rings is 2. The Bertz CT molecular complexity index is 1040. The Labute approximate surface area is 220 Å². The lowest BCUT2D eigenvalue weighted by Crippen LogP contribution is -2.39. The number of hydrogen-bond donors (Lipinski definition) is 2. The molecule has 3 aromatic rings. The van der Waals surface area contributed by atoms with Gasteiger partial charge < -0.3 is 15.2 Å². The van der Waals surface area contributed by atoms with Crippen LogP contribution < -0.4 is 10.6 Å². The van der Waals surface area contributed by atoms with Crippen molar-refractivity contribution in [2.75, 3.05) is 13.1 Å². The zero-order chi connectivity index (χ0) is 23.0. The van der Waals surface area contributed by atoms with Crippen LogP contribution in [0.1, 0.15) is 54.1 Å². The number of hydrogen-bond acceptors (Lipinski definition) is 4. The van der Waals surface area contributed by atoms with Crippen LogP contribution in [0.3, 0.4) is 0 Å². The summed E-state index contributed by atoms with van der Waals surface area (Å²) in [6.07, 6.45) is 2.65. The summed E-state index contributed by atoms with van der Waals surface area (Å²) in [5.74, 6) is 2.53. The van der Waals surface area contributed by atoms with Gasteiger partial charge >= 0.3 is 0 Å². The summed E-state index contributed by atoms with van der Waals surface area (Å²) in [5.41, 5.74) is 3.78. The van der Waals surface area contributed by atoms with Gasteiger partial charge in [-0.05, 0) is 56.5 Å². The van der Waals surface area contributed by atoms with Crippen LogP contribution in [0.25, 0.3) is 0 Å². The van der Waals surface area contributed by atoms with Crippen LogP contribution in [-0.2, 0) is 26.7 Å². The molecule has 1 aliphatic heterocycles. The molecular formula is C26H36IN7. The highest BCUT2D eigenvalue weighted by atomic mass is 127. The lowest BCUT2D eigenvalue weighted by atomic mass is 10.1. The largest absolute Gasteiger partial charge is 0.350 e. The van der Waals surface area contributed by atoms with E-state index < -0.39 is 0 Å². The van der Waals surface area contributed by atoms with E-state index in [1.807, 2.05) is 24.6 Å². The Morgan fingerprint density at radius 1 is 1.00 bits per heavy atom. The zero-order valence-corrected chi connectivity index (χ0v) is 22.7. The number of guanidine groups is 1. The Morgan fingerprint density at radius 3 is 2.32 bits per heavy atom. The first-order valence-electron chi connectivity index (χ1n) is 11.8. The maximum atomic E-state index is 4.87. The molecular weight excluding hydrogens is 537 g/mol. The molecule has 0 bridgehead atoms. The predicted octanol–water partition coefficient (Wildman–Crippen LogP) is 4.33. The highest BCUT2D eigenvalue weighted by Gasteiger charge is 2.12. The highest BCUT2D eigenvalue weighted by molar-refractivity contribution is 14.0. The minimum Gasteiger partial charge on any atom is -0.350 e. The van der Waals surface area contributed by atoms with Crippen LogP contribution in [0.2, 0.25) is 0 Å². The van der Waals surface area contributed by atoms with Crippen molar-refractivity contribution in [2.45, 2.75) is 52.4 Å². The SMILES string of the molecule is Cc1nnc(CNC(=NCc2ccc(CN3CCCC3)cc2)NC(C)c2ccccc2)n1C.I. The summed E-state index contributed by atoms with van der Waals surface area (Å²) in [6, 6.07) is 19.4. The van der Waals surface area contributed by atoms with Gasteiger partial charge in [0.1, 0.15) is 5.82 Å². The van der Waals surface area contributed by atoms with E-state index in [0.29, 0.717) is 13.1 Å². The molecule has 7 nitrogen and oxygen atoms in total. The molecule has 182 valence electrons. The van der Waals surface area contributed by atoms with Crippen LogP contribution in [0.4, 0.5) is 0 Å². The van der Waals surface area contributed by atoms with Crippen molar-refractivity contribution in [1.82, 2.24) is 30.3 Å². The van der Waals surface area contributed by atoms with Crippen molar-refractivity contribution in [3.8, 4) is 0 Å². The lowest BCUT2D eigenvalue weighted by molar-refractivity contribution is 0.331. The molecule has 2 aromatic carbocycles. The molecule has 0 radical (unpaired) electrons. The third-order valence-corrected chi connectivity index (χ3v) is 6.30. The first-order chi connectivity index (χ1) is 16.1. The van der Waals surface area contributed by atoms with Gasteiger partial charge in [0.2, 0.25) is 0 Å². The fourth-order valence-electron chi connectivity index (χ4n) is 4.07. The molecule has 1 unspecified atom stereocenters. The van der Waals surface area contributed by atoms with E-state index in [4.69, 9.17) is 4.99 Å². The second-order valence-corrected chi connectivity index (χ2v) is 8.82. The van der Waals surface area contributed by atoms with Gasteiger partial charge in [-0.25, -0.2) is 4.99 Å². The van der Waals surface area contributed by atoms with Gasteiger partial charge in [0.25, 0.3) is 0 Å². The van der Waals surface area contributed by atoms with E-state index >= 15 is 0 Å². The molecule has 2 heterocycles. The fraction of sp³-hybridized carbons (Fsp3) is 0.423. The van der Waals surface area contributed by atoms with Gasteiger partial charge in [0, 0.05) is 13.6 Å². The van der Waals surface area contributed by atoms with Gasteiger partial charge in [-0.2, -0.15) is 0 Å². The van der Waals surface area contributed by atoms with Crippen molar-refractivity contribution in [3.63, 3.8) is 0 Å². The maximum Gasteiger partial charge on any atom is 0.192 e. The van der Waals surface area contributed by atoms with Crippen molar-refractivity contribution < 1.29 is 0 Å². The molecule has 1 fully saturated rings. The summed E-state index contributed by atoms with van der Waals surface area (Å²) in [6.45, 7) is 8.75. The molecule has 34 heavy (non-hydrogen) atoms. The van der Waals surface area contributed by atoms with Crippen molar-refractivity contribution >= 4 is 29.9 Å². The van der Waals surface area contributed by atoms with E-state index in [2.05, 4.69) is 81.2 Å². The van der Waals surface area contributed by atoms with Crippen molar-refractivity contribution in [1.29, 1.82) is 0 Å². The highest BCUT2D eigenvalue weighted by Crippen LogP contribution is 2.14. The topological polar surface area (TPSA) is 70.4 Å². The van der Waals surface area contributed by atoms with Crippen LogP contribution in [0, 0.1) is 6.92 Å². The van der Waals surface area contributed by atoms with Crippen LogP contribution >= 0.6 is 24.0 Å². The van der Waals surface area contributed by atoms with E-state index in [9.17, 15) is 0 Å². The Hall–Kier alpha value is -2.46. The van der Waals surface area contributed by atoms with E-state index in [0.717, 1.165) is 24.2 Å². The number of rotatable bonds is 8. The third-order valence-electron chi connectivity index (χ3n) is 6.30. The van der Waals surface area contributed by atoms with E-state index in [1.54, 1.807) is 0 Å². The summed E-state index contributed by atoms with van der Waals surface area (Å²) in [4.78, 5) is 7.40. The van der Waals surface area contributed by atoms with Gasteiger partial charge in [-0.3, -0.25) is 4.90 Å². The molecule has 4 rings (SSSR count). The summed E-state index contributed by atoms with van der Waals surface area (Å²) >= 11 is 0. The summed E-state index contributed by atoms with van der Waals surface area (Å²) < 4.78 is 1.99. The monoisotopic (exact) mass is 573 g/mol. The van der Waals surface area contributed by atoms with E-state index in [1.165, 1.54) is 42.6 Å². The number of nitrogens with zero attached hydrogens (tertiary/aromatic N) is 5. The molecule has 0 amide bonds. The minimum absolute atomic E-state index is 0. The van der Waals surface area contributed by atoms with Gasteiger partial charge in [0.15, 0.2) is 11.8 Å². The minimum atomic E-state index is 0. The third kappa shape index (κ3) is 7.27. The number of aromatic nitrogens is 3. The number of nitrogens with one attached hydrogen (secondary N) is 2. The average molecular weight is 574 g/mol. The molecule has 1 aliphatic rings. The number of likely N-dealkylation sites (tertiary alicyclic amines) is 1. The van der Waals surface area contributed by atoms with Crippen LogP contribution in [0.15, 0.2) is 59.6 Å². The molecule has 2 N–H and O–H groups in total. The Balaban J connectivity index is 0.00000324. The van der Waals surface area contributed by atoms with E-state index in [-0.39, 0.29) is 30.0 Å². The maximum absolute atomic E-state index is 4.87. The predicted molar refractivity (Wildman–Crippen MR) is 148 cm³/mol. The quantitative estimate of drug-likeness (QED) is 0.239. The number of aliphatic imine (C=N–C) groups is 1. The van der Waals surface area contributed by atoms with Gasteiger partial charge in [-0.1, -0.05) is 54.6 Å². The van der Waals surface area contributed by atoms with Gasteiger partial charge in [-0.15, -0.1) is 34.2 Å². The summed E-state index contributed by atoms with van der Waals surface area (Å²) in [5, 5.41) is 15.4. The normalized spacial score (nSPS) is 15.1. The average Bonchev–Trinajstić information content (AvgIpc) is 3.47. The fourth-order valence-corrected chi connectivity index (χ4v) is 4.07. The van der Waals surface area contributed by atoms with Crippen LogP contribution in [-0.4, -0.2) is 38.7 Å². The van der Waals surface area contributed by atoms with Crippen molar-refractivity contribution in [2.24, 2.45) is 12.0 Å². The molecule has 0 spiro atoms. The summed E-state index contributed by atoms with van der Waals surface area (Å²) in [7, 11) is 1.98. The Kier molecular flexibility index (Phi) is 9.88. The molecule has 1 aromatic heterocycles. The molecule has 8 heteroatoms. The zero-order valence-electron chi connectivity index (χ0n) is 20.4. The first-order valence-corrected chi connectivity index (χ1v) is 11.8. The smallest absolute Gasteiger partial charge is 0.192 e. The van der Waals surface area contributed by atoms with Crippen LogP contribution in [0.5, 0.6) is 0 Å². The number of aryl methyl sites for hydroxylation is 1. The number of halogens is 1. The molecule has 0 aliphatic carbocycles. The standard InChI is InChI=1S/C26H35N7.HI/c1-20(24-9-5-4-6-10-24)29-26(28-18-25-31-30-21(2)32(25)3)27-17-22-11-13-23(14-12-22)19-33-15-7-8-16-33;/h4-6,9-14,20H,7-8,15-19H2,1-3H3,(H2,27,28,29);1H. The van der Waals surface area contributed by atoms with Gasteiger partial charge in [0.05, 0.1) is 19.1 Å². The second kappa shape index (κ2) is 12.9. The first kappa shape index (κ1) is 26.2.